The van der Waals surface area contributed by atoms with Crippen LogP contribution < -0.4 is 4.74 Å². The molecule has 1 aliphatic rings. The topological polar surface area (TPSA) is 26.3 Å². The molecular weight excluding hydrogens is 244 g/mol. The lowest BCUT2D eigenvalue weighted by atomic mass is 9.93. The molecule has 14 heavy (non-hydrogen) atoms. The lowest BCUT2D eigenvalue weighted by molar-refractivity contribution is 0.0668. The highest BCUT2D eigenvalue weighted by atomic mass is 79.9. The SMILES string of the molecule is CC1(C)Oc2ccccc2C(=O)[C@@H]1Br. The zero-order chi connectivity index (χ0) is 10.3. The predicted molar refractivity (Wildman–Crippen MR) is 58.2 cm³/mol. The van der Waals surface area contributed by atoms with Crippen LogP contribution in [0.3, 0.4) is 0 Å². The Morgan fingerprint density at radius 3 is 2.71 bits per heavy atom. The number of ether oxygens (including phenoxy) is 1. The average Bonchev–Trinajstić information content (AvgIpc) is 2.14. The summed E-state index contributed by atoms with van der Waals surface area (Å²) < 4.78 is 5.73. The molecule has 1 aromatic carbocycles. The Kier molecular flexibility index (Phi) is 2.14. The minimum atomic E-state index is -0.481. The maximum absolute atomic E-state index is 11.9. The first-order valence-corrected chi connectivity index (χ1v) is 5.40. The molecule has 0 aromatic heterocycles. The molecule has 0 amide bonds. The van der Waals surface area contributed by atoms with Gasteiger partial charge in [0, 0.05) is 0 Å². The smallest absolute Gasteiger partial charge is 0.184 e. The second-order valence-corrected chi connectivity index (χ2v) is 4.84. The summed E-state index contributed by atoms with van der Waals surface area (Å²) in [4.78, 5) is 11.6. The summed E-state index contributed by atoms with van der Waals surface area (Å²) in [7, 11) is 0. The number of para-hydroxylation sites is 1. The summed E-state index contributed by atoms with van der Waals surface area (Å²) in [5.41, 5.74) is 0.180. The quantitative estimate of drug-likeness (QED) is 0.666. The Balaban J connectivity index is 2.54. The maximum atomic E-state index is 11.9. The lowest BCUT2D eigenvalue weighted by Gasteiger charge is -2.35. The van der Waals surface area contributed by atoms with Gasteiger partial charge < -0.3 is 4.74 Å². The Morgan fingerprint density at radius 2 is 2.00 bits per heavy atom. The summed E-state index contributed by atoms with van der Waals surface area (Å²) in [6.45, 7) is 3.81. The number of carbonyl (C=O) groups excluding carboxylic acids is 1. The maximum Gasteiger partial charge on any atom is 0.184 e. The van der Waals surface area contributed by atoms with Crippen LogP contribution in [0.25, 0.3) is 0 Å². The van der Waals surface area contributed by atoms with E-state index in [4.69, 9.17) is 4.74 Å². The van der Waals surface area contributed by atoms with E-state index in [2.05, 4.69) is 15.9 Å². The average molecular weight is 255 g/mol. The van der Waals surface area contributed by atoms with Crippen LogP contribution in [0.2, 0.25) is 0 Å². The number of benzene rings is 1. The summed E-state index contributed by atoms with van der Waals surface area (Å²) in [6, 6.07) is 7.34. The number of halogens is 1. The first kappa shape index (κ1) is 9.71. The number of ketones is 1. The fourth-order valence-corrected chi connectivity index (χ4v) is 1.89. The van der Waals surface area contributed by atoms with Crippen molar-refractivity contribution in [2.45, 2.75) is 24.3 Å². The Hall–Kier alpha value is -0.830. The van der Waals surface area contributed by atoms with Crippen molar-refractivity contribution in [2.75, 3.05) is 0 Å². The van der Waals surface area contributed by atoms with Crippen LogP contribution in [-0.4, -0.2) is 16.2 Å². The van der Waals surface area contributed by atoms with Gasteiger partial charge in [-0.15, -0.1) is 0 Å². The molecule has 0 fully saturated rings. The number of hydrogen-bond donors (Lipinski definition) is 0. The van der Waals surface area contributed by atoms with E-state index in [0.717, 1.165) is 0 Å². The molecule has 1 atom stereocenters. The van der Waals surface area contributed by atoms with Gasteiger partial charge in [-0.05, 0) is 26.0 Å². The Bertz CT molecular complexity index is 385. The van der Waals surface area contributed by atoms with Crippen molar-refractivity contribution in [3.63, 3.8) is 0 Å². The third kappa shape index (κ3) is 1.36. The predicted octanol–water partition coefficient (Wildman–Crippen LogP) is 2.80. The molecule has 0 saturated carbocycles. The molecule has 0 unspecified atom stereocenters. The van der Waals surface area contributed by atoms with E-state index in [-0.39, 0.29) is 10.6 Å². The van der Waals surface area contributed by atoms with Crippen molar-refractivity contribution in [1.29, 1.82) is 0 Å². The molecule has 0 aliphatic carbocycles. The van der Waals surface area contributed by atoms with Crippen molar-refractivity contribution >= 4 is 21.7 Å². The molecule has 1 aliphatic heterocycles. The van der Waals surface area contributed by atoms with Gasteiger partial charge in [0.15, 0.2) is 5.78 Å². The van der Waals surface area contributed by atoms with Crippen molar-refractivity contribution in [2.24, 2.45) is 0 Å². The van der Waals surface area contributed by atoms with Gasteiger partial charge >= 0.3 is 0 Å². The van der Waals surface area contributed by atoms with E-state index in [1.807, 2.05) is 32.0 Å². The minimum absolute atomic E-state index is 0.0943. The normalized spacial score (nSPS) is 23.9. The zero-order valence-electron chi connectivity index (χ0n) is 8.08. The monoisotopic (exact) mass is 254 g/mol. The standard InChI is InChI=1S/C11H11BrO2/c1-11(2)10(12)9(13)7-5-3-4-6-8(7)14-11/h3-6,10H,1-2H3/t10-/m0/s1. The van der Waals surface area contributed by atoms with Crippen molar-refractivity contribution in [3.8, 4) is 5.75 Å². The van der Waals surface area contributed by atoms with Gasteiger partial charge in [-0.2, -0.15) is 0 Å². The second-order valence-electron chi connectivity index (χ2n) is 3.93. The van der Waals surface area contributed by atoms with Crippen LogP contribution >= 0.6 is 15.9 Å². The van der Waals surface area contributed by atoms with Crippen molar-refractivity contribution in [1.82, 2.24) is 0 Å². The van der Waals surface area contributed by atoms with Crippen LogP contribution in [0.15, 0.2) is 24.3 Å². The van der Waals surface area contributed by atoms with Crippen LogP contribution in [-0.2, 0) is 0 Å². The first-order chi connectivity index (χ1) is 6.52. The number of alkyl halides is 1. The second kappa shape index (κ2) is 3.09. The molecule has 0 radical (unpaired) electrons. The van der Waals surface area contributed by atoms with Gasteiger partial charge in [0.25, 0.3) is 0 Å². The van der Waals surface area contributed by atoms with E-state index in [0.29, 0.717) is 11.3 Å². The van der Waals surface area contributed by atoms with E-state index in [9.17, 15) is 4.79 Å². The van der Waals surface area contributed by atoms with E-state index in [1.165, 1.54) is 0 Å². The number of fused-ring (bicyclic) bond motifs is 1. The number of Topliss-reactive ketones (excluding diaryl/α,β-unsaturated/α-hetero) is 1. The highest BCUT2D eigenvalue weighted by Crippen LogP contribution is 2.36. The first-order valence-electron chi connectivity index (χ1n) is 4.49. The third-order valence-electron chi connectivity index (χ3n) is 2.37. The molecule has 1 heterocycles. The molecule has 74 valence electrons. The van der Waals surface area contributed by atoms with Crippen LogP contribution in [0.1, 0.15) is 24.2 Å². The number of carbonyl (C=O) groups is 1. The highest BCUT2D eigenvalue weighted by Gasteiger charge is 2.41. The molecule has 0 bridgehead atoms. The largest absolute Gasteiger partial charge is 0.485 e. The van der Waals surface area contributed by atoms with Crippen molar-refractivity contribution in [3.05, 3.63) is 29.8 Å². The highest BCUT2D eigenvalue weighted by molar-refractivity contribution is 9.10. The molecule has 0 spiro atoms. The van der Waals surface area contributed by atoms with Crippen LogP contribution in [0.5, 0.6) is 5.75 Å². The molecule has 1 aromatic rings. The Labute approximate surface area is 91.4 Å². The molecule has 0 saturated heterocycles. The summed E-state index contributed by atoms with van der Waals surface area (Å²) >= 11 is 3.37. The van der Waals surface area contributed by atoms with Gasteiger partial charge in [0.1, 0.15) is 16.2 Å². The number of hydrogen-bond acceptors (Lipinski definition) is 2. The molecule has 2 nitrogen and oxygen atoms in total. The van der Waals surface area contributed by atoms with Crippen LogP contribution in [0.4, 0.5) is 0 Å². The summed E-state index contributed by atoms with van der Waals surface area (Å²) in [5.74, 6) is 0.773. The van der Waals surface area contributed by atoms with Gasteiger partial charge in [-0.1, -0.05) is 28.1 Å². The van der Waals surface area contributed by atoms with Crippen LogP contribution in [0, 0.1) is 0 Å². The molecule has 0 N–H and O–H groups in total. The fraction of sp³-hybridized carbons (Fsp3) is 0.364. The lowest BCUT2D eigenvalue weighted by Crippen LogP contribution is -2.46. The van der Waals surface area contributed by atoms with Crippen molar-refractivity contribution < 1.29 is 9.53 Å². The van der Waals surface area contributed by atoms with Gasteiger partial charge in [-0.3, -0.25) is 4.79 Å². The number of rotatable bonds is 0. The molecule has 2 rings (SSSR count). The van der Waals surface area contributed by atoms with E-state index < -0.39 is 5.60 Å². The third-order valence-corrected chi connectivity index (χ3v) is 3.88. The van der Waals surface area contributed by atoms with Gasteiger partial charge in [0.2, 0.25) is 0 Å². The van der Waals surface area contributed by atoms with Gasteiger partial charge in [-0.25, -0.2) is 0 Å². The van der Waals surface area contributed by atoms with E-state index >= 15 is 0 Å². The minimum Gasteiger partial charge on any atom is -0.485 e. The summed E-state index contributed by atoms with van der Waals surface area (Å²) in [5, 5.41) is 0. The van der Waals surface area contributed by atoms with E-state index in [1.54, 1.807) is 6.07 Å². The zero-order valence-corrected chi connectivity index (χ0v) is 9.67. The fourth-order valence-electron chi connectivity index (χ4n) is 1.55. The molecular formula is C11H11BrO2. The van der Waals surface area contributed by atoms with Gasteiger partial charge in [0.05, 0.1) is 5.56 Å². The molecule has 3 heteroatoms. The summed E-state index contributed by atoms with van der Waals surface area (Å²) in [6.07, 6.45) is 0. The Morgan fingerprint density at radius 1 is 1.36 bits per heavy atom.